The van der Waals surface area contributed by atoms with Gasteiger partial charge in [0.2, 0.25) is 5.91 Å². The highest BCUT2D eigenvalue weighted by Crippen LogP contribution is 2.19. The van der Waals surface area contributed by atoms with Crippen molar-refractivity contribution in [2.45, 2.75) is 26.3 Å². The summed E-state index contributed by atoms with van der Waals surface area (Å²) in [5.74, 6) is 1.30. The first-order valence-corrected chi connectivity index (χ1v) is 6.12. The molecule has 92 valence electrons. The van der Waals surface area contributed by atoms with Crippen LogP contribution >= 0.6 is 0 Å². The smallest absolute Gasteiger partial charge is 0.225 e. The molecule has 4 heteroatoms. The zero-order valence-electron chi connectivity index (χ0n) is 10.4. The Morgan fingerprint density at radius 3 is 3.00 bits per heavy atom. The molecular weight excluding hydrogens is 214 g/mol. The number of anilines is 1. The summed E-state index contributed by atoms with van der Waals surface area (Å²) in [5, 5.41) is 2.98. The van der Waals surface area contributed by atoms with Crippen LogP contribution in [-0.4, -0.2) is 29.4 Å². The molecule has 1 aromatic rings. The minimum Gasteiger partial charge on any atom is -0.373 e. The van der Waals surface area contributed by atoms with E-state index in [4.69, 9.17) is 0 Å². The molecule has 0 spiro atoms. The van der Waals surface area contributed by atoms with E-state index < -0.39 is 0 Å². The number of hydrogen-bond acceptors (Lipinski definition) is 3. The van der Waals surface area contributed by atoms with Crippen LogP contribution in [0, 0.1) is 5.92 Å². The van der Waals surface area contributed by atoms with Gasteiger partial charge < -0.3 is 10.2 Å². The number of amides is 1. The number of rotatable bonds is 3. The van der Waals surface area contributed by atoms with E-state index in [9.17, 15) is 4.79 Å². The van der Waals surface area contributed by atoms with Gasteiger partial charge in [-0.05, 0) is 24.5 Å². The van der Waals surface area contributed by atoms with Crippen molar-refractivity contribution in [3.05, 3.63) is 23.9 Å². The van der Waals surface area contributed by atoms with Crippen molar-refractivity contribution < 1.29 is 4.79 Å². The van der Waals surface area contributed by atoms with E-state index in [1.54, 1.807) is 0 Å². The largest absolute Gasteiger partial charge is 0.373 e. The highest BCUT2D eigenvalue weighted by molar-refractivity contribution is 5.79. The van der Waals surface area contributed by atoms with Crippen LogP contribution in [0.1, 0.15) is 25.3 Å². The van der Waals surface area contributed by atoms with Crippen molar-refractivity contribution in [2.24, 2.45) is 5.92 Å². The summed E-state index contributed by atoms with van der Waals surface area (Å²) < 4.78 is 0. The number of likely N-dealkylation sites (tertiary alicyclic amines) is 1. The van der Waals surface area contributed by atoms with Crippen molar-refractivity contribution >= 4 is 11.7 Å². The van der Waals surface area contributed by atoms with Gasteiger partial charge in [-0.2, -0.15) is 0 Å². The van der Waals surface area contributed by atoms with Crippen LogP contribution in [0.15, 0.2) is 18.3 Å². The normalized spacial score (nSPS) is 20.5. The third-order valence-corrected chi connectivity index (χ3v) is 3.25. The topological polar surface area (TPSA) is 45.2 Å². The molecule has 2 heterocycles. The van der Waals surface area contributed by atoms with Crippen molar-refractivity contribution in [1.29, 1.82) is 0 Å². The molecule has 1 aromatic heterocycles. The van der Waals surface area contributed by atoms with Crippen LogP contribution in [0.3, 0.4) is 0 Å². The molecule has 4 nitrogen and oxygen atoms in total. The van der Waals surface area contributed by atoms with Gasteiger partial charge in [0.15, 0.2) is 0 Å². The standard InChI is InChI=1S/C13H19N3O/c1-10-4-3-7-16(13(10)17)9-11-5-6-12(14-2)15-8-11/h5-6,8,10H,3-4,7,9H2,1-2H3,(H,14,15). The Bertz CT molecular complexity index is 388. The molecule has 1 aliphatic heterocycles. The molecule has 17 heavy (non-hydrogen) atoms. The summed E-state index contributed by atoms with van der Waals surface area (Å²) in [5.41, 5.74) is 1.09. The van der Waals surface area contributed by atoms with Crippen LogP contribution in [0.5, 0.6) is 0 Å². The number of piperidine rings is 1. The highest BCUT2D eigenvalue weighted by Gasteiger charge is 2.24. The molecular formula is C13H19N3O. The molecule has 1 aliphatic rings. The van der Waals surface area contributed by atoms with E-state index in [-0.39, 0.29) is 11.8 Å². The fourth-order valence-corrected chi connectivity index (χ4v) is 2.18. The lowest BCUT2D eigenvalue weighted by Crippen LogP contribution is -2.39. The first kappa shape index (κ1) is 11.9. The van der Waals surface area contributed by atoms with E-state index in [1.807, 2.05) is 37.2 Å². The van der Waals surface area contributed by atoms with Crippen molar-refractivity contribution in [1.82, 2.24) is 9.88 Å². The Morgan fingerprint density at radius 2 is 2.35 bits per heavy atom. The molecule has 1 atom stereocenters. The zero-order valence-corrected chi connectivity index (χ0v) is 10.4. The third kappa shape index (κ3) is 2.75. The molecule has 1 saturated heterocycles. The van der Waals surface area contributed by atoms with E-state index in [2.05, 4.69) is 10.3 Å². The van der Waals surface area contributed by atoms with E-state index >= 15 is 0 Å². The number of pyridine rings is 1. The van der Waals surface area contributed by atoms with Crippen LogP contribution in [0.4, 0.5) is 5.82 Å². The van der Waals surface area contributed by atoms with Gasteiger partial charge in [0.1, 0.15) is 5.82 Å². The Morgan fingerprint density at radius 1 is 1.53 bits per heavy atom. The quantitative estimate of drug-likeness (QED) is 0.867. The van der Waals surface area contributed by atoms with Crippen LogP contribution in [0.25, 0.3) is 0 Å². The van der Waals surface area contributed by atoms with Gasteiger partial charge in [0, 0.05) is 32.3 Å². The Balaban J connectivity index is 2.01. The molecule has 0 bridgehead atoms. The number of nitrogens with zero attached hydrogens (tertiary/aromatic N) is 2. The second kappa shape index (κ2) is 5.17. The van der Waals surface area contributed by atoms with Gasteiger partial charge in [-0.25, -0.2) is 4.98 Å². The van der Waals surface area contributed by atoms with Crippen molar-refractivity contribution in [3.8, 4) is 0 Å². The predicted molar refractivity (Wildman–Crippen MR) is 67.6 cm³/mol. The van der Waals surface area contributed by atoms with Crippen LogP contribution in [-0.2, 0) is 11.3 Å². The van der Waals surface area contributed by atoms with Crippen LogP contribution in [0.2, 0.25) is 0 Å². The fourth-order valence-electron chi connectivity index (χ4n) is 2.18. The molecule has 1 fully saturated rings. The zero-order chi connectivity index (χ0) is 12.3. The van der Waals surface area contributed by atoms with Gasteiger partial charge in [0.25, 0.3) is 0 Å². The lowest BCUT2D eigenvalue weighted by molar-refractivity contribution is -0.138. The fraction of sp³-hybridized carbons (Fsp3) is 0.538. The number of hydrogen-bond donors (Lipinski definition) is 1. The monoisotopic (exact) mass is 233 g/mol. The molecule has 1 N–H and O–H groups in total. The predicted octanol–water partition coefficient (Wildman–Crippen LogP) is 1.88. The summed E-state index contributed by atoms with van der Waals surface area (Å²) in [6, 6.07) is 3.96. The first-order valence-electron chi connectivity index (χ1n) is 6.12. The summed E-state index contributed by atoms with van der Waals surface area (Å²) in [7, 11) is 1.85. The van der Waals surface area contributed by atoms with Gasteiger partial charge in [0.05, 0.1) is 0 Å². The Hall–Kier alpha value is -1.58. The SMILES string of the molecule is CNc1ccc(CN2CCCC(C)C2=O)cn1. The van der Waals surface area contributed by atoms with Crippen molar-refractivity contribution in [2.75, 3.05) is 18.9 Å². The maximum Gasteiger partial charge on any atom is 0.225 e. The van der Waals surface area contributed by atoms with E-state index in [1.165, 1.54) is 0 Å². The number of nitrogens with one attached hydrogen (secondary N) is 1. The minimum atomic E-state index is 0.174. The molecule has 0 radical (unpaired) electrons. The number of carbonyl (C=O) groups excluding carboxylic acids is 1. The van der Waals surface area contributed by atoms with Gasteiger partial charge in [-0.3, -0.25) is 4.79 Å². The summed E-state index contributed by atoms with van der Waals surface area (Å²) in [6.07, 6.45) is 3.96. The lowest BCUT2D eigenvalue weighted by atomic mass is 9.99. The molecule has 0 saturated carbocycles. The van der Waals surface area contributed by atoms with Crippen LogP contribution < -0.4 is 5.32 Å². The third-order valence-electron chi connectivity index (χ3n) is 3.25. The van der Waals surface area contributed by atoms with Gasteiger partial charge in [-0.15, -0.1) is 0 Å². The lowest BCUT2D eigenvalue weighted by Gasteiger charge is -2.30. The first-order chi connectivity index (χ1) is 8.20. The summed E-state index contributed by atoms with van der Waals surface area (Å²) in [6.45, 7) is 3.56. The number of aromatic nitrogens is 1. The Kier molecular flexibility index (Phi) is 3.61. The molecule has 0 aromatic carbocycles. The average molecular weight is 233 g/mol. The summed E-state index contributed by atoms with van der Waals surface area (Å²) >= 11 is 0. The summed E-state index contributed by atoms with van der Waals surface area (Å²) in [4.78, 5) is 18.1. The minimum absolute atomic E-state index is 0.174. The molecule has 1 amide bonds. The second-order valence-electron chi connectivity index (χ2n) is 4.60. The second-order valence-corrected chi connectivity index (χ2v) is 4.60. The van der Waals surface area contributed by atoms with E-state index in [0.29, 0.717) is 6.54 Å². The maximum absolute atomic E-state index is 11.9. The molecule has 2 rings (SSSR count). The number of carbonyl (C=O) groups is 1. The maximum atomic E-state index is 11.9. The van der Waals surface area contributed by atoms with E-state index in [0.717, 1.165) is 30.8 Å². The highest BCUT2D eigenvalue weighted by atomic mass is 16.2. The Labute approximate surface area is 102 Å². The van der Waals surface area contributed by atoms with Gasteiger partial charge >= 0.3 is 0 Å². The van der Waals surface area contributed by atoms with Crippen molar-refractivity contribution in [3.63, 3.8) is 0 Å². The average Bonchev–Trinajstić information content (AvgIpc) is 2.36. The van der Waals surface area contributed by atoms with Gasteiger partial charge in [-0.1, -0.05) is 13.0 Å². The molecule has 0 aliphatic carbocycles. The molecule has 1 unspecified atom stereocenters.